The molecule has 1 aromatic carbocycles. The first-order valence-corrected chi connectivity index (χ1v) is 18.1. The maximum Gasteiger partial charge on any atom is 0.418 e. The molecule has 16 heteroatoms. The number of nitrogens with two attached hydrogens (primary N) is 1. The van der Waals surface area contributed by atoms with E-state index >= 15 is 4.39 Å². The number of nitrogen functional groups attached to an aromatic ring is 1. The largest absolute Gasteiger partial charge is 0.489 e. The zero-order chi connectivity index (χ0) is 35.4. The monoisotopic (exact) mass is 735 g/mol. The van der Waals surface area contributed by atoms with Gasteiger partial charge in [0.15, 0.2) is 11.6 Å². The highest BCUT2D eigenvalue weighted by molar-refractivity contribution is 6.36. The van der Waals surface area contributed by atoms with Crippen LogP contribution in [0.15, 0.2) is 6.07 Å². The molecular formula is C35H39ClF5N7O3. The van der Waals surface area contributed by atoms with Crippen molar-refractivity contribution in [2.24, 2.45) is 11.8 Å². The van der Waals surface area contributed by atoms with Crippen LogP contribution >= 0.6 is 11.6 Å². The second kappa shape index (κ2) is 12.1. The van der Waals surface area contributed by atoms with Crippen LogP contribution in [0.1, 0.15) is 43.2 Å². The van der Waals surface area contributed by atoms with Gasteiger partial charge in [-0.05, 0) is 56.7 Å². The number of rotatable bonds is 6. The molecule has 3 aromatic rings. The van der Waals surface area contributed by atoms with E-state index in [1.807, 2.05) is 0 Å². The molecule has 6 saturated heterocycles. The third-order valence-corrected chi connectivity index (χ3v) is 12.4. The number of aryl methyl sites for hydroxylation is 1. The fourth-order valence-corrected chi connectivity index (χ4v) is 9.91. The molecule has 274 valence electrons. The number of ether oxygens (including phenoxy) is 3. The van der Waals surface area contributed by atoms with E-state index < -0.39 is 40.5 Å². The van der Waals surface area contributed by atoms with Crippen LogP contribution in [-0.4, -0.2) is 108 Å². The predicted octanol–water partition coefficient (Wildman–Crippen LogP) is 5.66. The Hall–Kier alpha value is -3.27. The summed E-state index contributed by atoms with van der Waals surface area (Å²) in [5.41, 5.74) is 2.36. The Morgan fingerprint density at radius 1 is 1.12 bits per heavy atom. The molecule has 0 radical (unpaired) electrons. The molecule has 9 heterocycles. The first-order chi connectivity index (χ1) is 24.4. The number of halogens is 6. The van der Waals surface area contributed by atoms with Crippen molar-refractivity contribution in [3.8, 4) is 23.0 Å². The van der Waals surface area contributed by atoms with Gasteiger partial charge in [-0.2, -0.15) is 23.1 Å². The lowest BCUT2D eigenvalue weighted by molar-refractivity contribution is -0.137. The van der Waals surface area contributed by atoms with Crippen molar-refractivity contribution in [1.29, 1.82) is 0 Å². The van der Waals surface area contributed by atoms with Crippen molar-refractivity contribution in [1.82, 2.24) is 24.8 Å². The summed E-state index contributed by atoms with van der Waals surface area (Å²) < 4.78 is 93.7. The lowest BCUT2D eigenvalue weighted by Gasteiger charge is -2.40. The highest BCUT2D eigenvalue weighted by Crippen LogP contribution is 2.52. The summed E-state index contributed by atoms with van der Waals surface area (Å²) in [6.45, 7) is 6.34. The third kappa shape index (κ3) is 5.47. The number of nitrogens with zero attached hydrogens (tertiary/aromatic N) is 6. The lowest BCUT2D eigenvalue weighted by atomic mass is 9.89. The van der Waals surface area contributed by atoms with Crippen molar-refractivity contribution < 1.29 is 36.2 Å². The van der Waals surface area contributed by atoms with Gasteiger partial charge in [0.1, 0.15) is 36.5 Å². The fraction of sp³-hybridized carbons (Fsp3) is 0.629. The van der Waals surface area contributed by atoms with Crippen LogP contribution in [0.3, 0.4) is 0 Å². The molecule has 2 bridgehead atoms. The number of hydrogen-bond donors (Lipinski definition) is 1. The quantitative estimate of drug-likeness (QED) is 0.320. The Morgan fingerprint density at radius 2 is 1.94 bits per heavy atom. The van der Waals surface area contributed by atoms with Crippen molar-refractivity contribution in [2.45, 2.75) is 69.0 Å². The van der Waals surface area contributed by atoms with Crippen LogP contribution in [-0.2, 0) is 10.9 Å². The number of piperidine rings is 1. The van der Waals surface area contributed by atoms with Gasteiger partial charge < -0.3 is 24.8 Å². The van der Waals surface area contributed by atoms with Crippen LogP contribution in [0.2, 0.25) is 5.02 Å². The Labute approximate surface area is 296 Å². The number of hydrogen-bond acceptors (Lipinski definition) is 10. The van der Waals surface area contributed by atoms with E-state index in [1.54, 1.807) is 0 Å². The van der Waals surface area contributed by atoms with Crippen LogP contribution in [0.25, 0.3) is 22.2 Å². The van der Waals surface area contributed by atoms with E-state index in [4.69, 9.17) is 36.5 Å². The molecule has 10 nitrogen and oxygen atoms in total. The van der Waals surface area contributed by atoms with E-state index in [9.17, 15) is 17.6 Å². The first-order valence-electron chi connectivity index (χ1n) is 17.7. The maximum atomic E-state index is 17.2. The summed E-state index contributed by atoms with van der Waals surface area (Å²) >= 11 is 6.93. The molecule has 7 aliphatic heterocycles. The number of benzene rings is 1. The molecule has 0 saturated carbocycles. The third-order valence-electron chi connectivity index (χ3n) is 12.0. The minimum atomic E-state index is -4.90. The molecule has 7 aliphatic rings. The lowest BCUT2D eigenvalue weighted by Crippen LogP contribution is -2.49. The topological polar surface area (TPSA) is 102 Å². The normalized spacial score (nSPS) is 29.4. The number of alkyl halides is 4. The molecule has 0 amide bonds. The predicted molar refractivity (Wildman–Crippen MR) is 179 cm³/mol. The minimum Gasteiger partial charge on any atom is -0.489 e. The van der Waals surface area contributed by atoms with Gasteiger partial charge in [-0.15, -0.1) is 0 Å². The molecule has 5 atom stereocenters. The summed E-state index contributed by atoms with van der Waals surface area (Å²) in [5.74, 6) is -0.365. The molecular weight excluding hydrogens is 697 g/mol. The maximum absolute atomic E-state index is 17.2. The second-order valence-corrected chi connectivity index (χ2v) is 15.6. The Bertz CT molecular complexity index is 1900. The highest BCUT2D eigenvalue weighted by Gasteiger charge is 2.50. The van der Waals surface area contributed by atoms with Gasteiger partial charge in [0.2, 0.25) is 0 Å². The van der Waals surface area contributed by atoms with E-state index in [2.05, 4.69) is 24.7 Å². The second-order valence-electron chi connectivity index (χ2n) is 15.2. The Balaban J connectivity index is 1.21. The fourth-order valence-electron chi connectivity index (χ4n) is 9.59. The van der Waals surface area contributed by atoms with Crippen molar-refractivity contribution in [3.05, 3.63) is 28.0 Å². The highest BCUT2D eigenvalue weighted by atomic mass is 35.5. The average molecular weight is 736 g/mol. The molecule has 0 aliphatic carbocycles. The Kier molecular flexibility index (Phi) is 7.99. The van der Waals surface area contributed by atoms with Crippen LogP contribution in [0.4, 0.5) is 33.6 Å². The van der Waals surface area contributed by atoms with Gasteiger partial charge in [-0.3, -0.25) is 9.80 Å². The van der Waals surface area contributed by atoms with E-state index in [0.29, 0.717) is 31.2 Å². The summed E-state index contributed by atoms with van der Waals surface area (Å²) in [7, 11) is 0. The van der Waals surface area contributed by atoms with E-state index in [0.717, 1.165) is 64.6 Å². The molecule has 6 fully saturated rings. The number of aromatic nitrogens is 3. The number of anilines is 2. The number of pyridine rings is 1. The van der Waals surface area contributed by atoms with Gasteiger partial charge in [-0.1, -0.05) is 11.6 Å². The van der Waals surface area contributed by atoms with Crippen molar-refractivity contribution in [3.63, 3.8) is 0 Å². The molecule has 0 spiro atoms. The van der Waals surface area contributed by atoms with Gasteiger partial charge in [0, 0.05) is 44.6 Å². The van der Waals surface area contributed by atoms with Crippen molar-refractivity contribution >= 4 is 34.1 Å². The van der Waals surface area contributed by atoms with Crippen molar-refractivity contribution in [2.75, 3.05) is 69.8 Å². The zero-order valence-electron chi connectivity index (χ0n) is 28.1. The molecule has 2 aromatic heterocycles. The molecule has 10 rings (SSSR count). The summed E-state index contributed by atoms with van der Waals surface area (Å²) in [6.07, 6.45) is -2.04. The zero-order valence-corrected chi connectivity index (χ0v) is 28.9. The number of fused-ring (bicyclic) bond motifs is 3. The summed E-state index contributed by atoms with van der Waals surface area (Å²) in [6, 6.07) is 0.933. The van der Waals surface area contributed by atoms with Crippen LogP contribution < -0.4 is 20.1 Å². The molecule has 51 heavy (non-hydrogen) atoms. The first kappa shape index (κ1) is 33.6. The smallest absolute Gasteiger partial charge is 0.418 e. The van der Waals surface area contributed by atoms with Gasteiger partial charge in [0.25, 0.3) is 0 Å². The summed E-state index contributed by atoms with van der Waals surface area (Å²) in [4.78, 5) is 20.2. The van der Waals surface area contributed by atoms with Gasteiger partial charge >= 0.3 is 12.2 Å². The molecule has 0 unspecified atom stereocenters. The van der Waals surface area contributed by atoms with E-state index in [1.165, 1.54) is 6.92 Å². The standard InChI is InChI=1S/C35H39ClF5N7O3/c1-17-7-23(42)43-29(26(17)35(39,40)41)24-27(36)31-25-30(28(24)38)44-33(51-16-34-5-2-6-47(34)11-20(37)8-34)45-32(25)48-12-21-4-3-19(22(48)15-50-31)10-46(21)9-18-13-49-14-18/h7,18-22H,2-6,8-16H2,1H3,(H2,42,43)/t19-,20-,21-,22-,34+/m1/s1. The van der Waals surface area contributed by atoms with Gasteiger partial charge in [-0.25, -0.2) is 13.8 Å². The van der Waals surface area contributed by atoms with Crippen LogP contribution in [0, 0.1) is 24.6 Å². The summed E-state index contributed by atoms with van der Waals surface area (Å²) in [5, 5.41) is -0.202. The average Bonchev–Trinajstić information content (AvgIpc) is 3.38. The van der Waals surface area contributed by atoms with E-state index in [-0.39, 0.29) is 70.3 Å². The molecule has 2 N–H and O–H groups in total. The minimum absolute atomic E-state index is 0.0105. The SMILES string of the molecule is Cc1cc(N)nc(-c2c(Cl)c3c4c(nc(OC[C@@]56CCCN5C[C@H](F)C6)nc4c2F)N2C[C@H]4CC[C@H](CN4CC4COC4)[C@H]2CO3)c1C(F)(F)F. The Morgan fingerprint density at radius 3 is 2.71 bits per heavy atom. The van der Waals surface area contributed by atoms with Crippen LogP contribution in [0.5, 0.6) is 11.8 Å². The van der Waals surface area contributed by atoms with Gasteiger partial charge in [0.05, 0.1) is 52.0 Å².